The smallest absolute Gasteiger partial charge is 0.375 e. The highest BCUT2D eigenvalue weighted by atomic mass is 35.5. The Kier molecular flexibility index (Phi) is 9.08. The number of aromatic nitrogens is 2. The van der Waals surface area contributed by atoms with E-state index in [9.17, 15) is 14.3 Å². The molecule has 1 aromatic heterocycles. The molecule has 1 unspecified atom stereocenters. The van der Waals surface area contributed by atoms with Crippen LogP contribution in [-0.2, 0) is 6.18 Å². The molecule has 0 amide bonds. The van der Waals surface area contributed by atoms with Gasteiger partial charge in [-0.3, -0.25) is 19.3 Å². The summed E-state index contributed by atoms with van der Waals surface area (Å²) in [7, 11) is 0. The quantitative estimate of drug-likeness (QED) is 0.248. The maximum Gasteiger partial charge on any atom is 0.417 e. The van der Waals surface area contributed by atoms with Gasteiger partial charge < -0.3 is 10.0 Å². The summed E-state index contributed by atoms with van der Waals surface area (Å²) in [5.74, 6) is -0.168. The van der Waals surface area contributed by atoms with Crippen molar-refractivity contribution in [1.29, 1.82) is 0 Å². The average molecular weight is 707 g/mol. The van der Waals surface area contributed by atoms with Crippen molar-refractivity contribution in [2.75, 3.05) is 56.5 Å². The number of hydrogen-bond donors (Lipinski definition) is 1. The van der Waals surface area contributed by atoms with Crippen LogP contribution in [0.2, 0.25) is 5.02 Å². The van der Waals surface area contributed by atoms with Crippen molar-refractivity contribution in [3.05, 3.63) is 63.8 Å². The summed E-state index contributed by atoms with van der Waals surface area (Å²) in [5, 5.41) is 10.5. The number of aliphatic hydroxyl groups excluding tert-OH is 1. The van der Waals surface area contributed by atoms with E-state index in [2.05, 4.69) is 21.4 Å². The Morgan fingerprint density at radius 3 is 2.50 bits per heavy atom. The van der Waals surface area contributed by atoms with Crippen LogP contribution in [0.3, 0.4) is 0 Å². The van der Waals surface area contributed by atoms with Crippen LogP contribution in [0.4, 0.5) is 23.4 Å². The van der Waals surface area contributed by atoms with Crippen molar-refractivity contribution < 1.29 is 22.7 Å². The van der Waals surface area contributed by atoms with Crippen molar-refractivity contribution in [1.82, 2.24) is 24.3 Å². The summed E-state index contributed by atoms with van der Waals surface area (Å²) in [4.78, 5) is 27.6. The van der Waals surface area contributed by atoms with Gasteiger partial charge in [-0.1, -0.05) is 24.2 Å². The number of nitrogens with zero attached hydrogens (tertiary/aromatic N) is 6. The minimum atomic E-state index is -4.77. The topological polar surface area (TPSA) is 68.1 Å². The molecule has 1 saturated carbocycles. The second-order valence-corrected chi connectivity index (χ2v) is 14.9. The normalized spacial score (nSPS) is 25.1. The highest BCUT2D eigenvalue weighted by Crippen LogP contribution is 2.50. The lowest BCUT2D eigenvalue weighted by molar-refractivity contribution is -0.137. The number of alkyl halides is 3. The van der Waals surface area contributed by atoms with Crippen molar-refractivity contribution in [3.8, 4) is 11.1 Å². The van der Waals surface area contributed by atoms with E-state index in [1.807, 2.05) is 23.6 Å². The molecule has 0 radical (unpaired) electrons. The molecule has 4 atom stereocenters. The van der Waals surface area contributed by atoms with E-state index in [-0.39, 0.29) is 45.5 Å². The highest BCUT2D eigenvalue weighted by molar-refractivity contribution is 7.99. The number of rotatable bonds is 7. The van der Waals surface area contributed by atoms with Crippen molar-refractivity contribution in [3.63, 3.8) is 0 Å². The monoisotopic (exact) mass is 706 g/mol. The van der Waals surface area contributed by atoms with E-state index in [0.29, 0.717) is 41.8 Å². The minimum absolute atomic E-state index is 0.121. The van der Waals surface area contributed by atoms with Gasteiger partial charge in [0.15, 0.2) is 0 Å². The summed E-state index contributed by atoms with van der Waals surface area (Å²) in [6.07, 6.45) is -1.74. The number of benzene rings is 2. The van der Waals surface area contributed by atoms with Gasteiger partial charge in [-0.2, -0.15) is 18.2 Å². The second-order valence-electron chi connectivity index (χ2n) is 13.5. The Labute approximate surface area is 285 Å². The molecule has 7 rings (SSSR count). The number of halogens is 5. The molecule has 258 valence electrons. The zero-order valence-corrected chi connectivity index (χ0v) is 28.5. The average Bonchev–Trinajstić information content (AvgIpc) is 3.90. The maximum atomic E-state index is 15.1. The van der Waals surface area contributed by atoms with Crippen LogP contribution in [0.15, 0.2) is 46.6 Å². The molecule has 4 heterocycles. The molecule has 4 aliphatic rings. The molecule has 0 spiro atoms. The SMILES string of the molecule is C=CC(O)N1C[C@H](C)N(c2nc(=O)n3c4c(c(-c5ccc(F)c(Cl)c5)c(C(F)(F)F)cc24)SC[C@@H]3CN2CCN(C3CC3)CC2)C[C@H]1C. The molecule has 1 N–H and O–H groups in total. The van der Waals surface area contributed by atoms with Crippen LogP contribution in [-0.4, -0.2) is 105 Å². The summed E-state index contributed by atoms with van der Waals surface area (Å²) >= 11 is 7.40. The fourth-order valence-corrected chi connectivity index (χ4v) is 9.12. The standard InChI is InChI=1S/C34H39ClF4N6O2S/c1-4-28(46)43-15-20(3)44(16-19(43)2)32-24-14-25(34(37,38)39)29(21-5-8-27(36)26(35)13-21)31-30(24)45(33(47)40-32)23(18-48-31)17-41-9-11-42(12-10-41)22-6-7-22/h4-5,8,13-14,19-20,22-23,28,46H,1,6-7,9-12,15-18H2,2-3H3/t19-,20+,23+,28?/m1/s1. The van der Waals surface area contributed by atoms with Crippen LogP contribution >= 0.6 is 23.4 Å². The Morgan fingerprint density at radius 2 is 1.85 bits per heavy atom. The van der Waals surface area contributed by atoms with Gasteiger partial charge in [0.25, 0.3) is 0 Å². The largest absolute Gasteiger partial charge is 0.417 e. The predicted octanol–water partition coefficient (Wildman–Crippen LogP) is 5.71. The molecular weight excluding hydrogens is 668 g/mol. The van der Waals surface area contributed by atoms with Gasteiger partial charge in [-0.25, -0.2) is 9.18 Å². The fourth-order valence-electron chi connectivity index (χ4n) is 7.61. The first-order chi connectivity index (χ1) is 22.8. The van der Waals surface area contributed by atoms with Gasteiger partial charge >= 0.3 is 11.9 Å². The Bertz CT molecular complexity index is 1790. The molecule has 48 heavy (non-hydrogen) atoms. The van der Waals surface area contributed by atoms with E-state index in [4.69, 9.17) is 11.6 Å². The summed E-state index contributed by atoms with van der Waals surface area (Å²) < 4.78 is 61.0. The number of piperazine rings is 2. The minimum Gasteiger partial charge on any atom is -0.375 e. The van der Waals surface area contributed by atoms with Crippen LogP contribution < -0.4 is 10.6 Å². The lowest BCUT2D eigenvalue weighted by Gasteiger charge is -2.46. The number of aliphatic hydroxyl groups is 1. The Balaban J connectivity index is 1.40. The predicted molar refractivity (Wildman–Crippen MR) is 181 cm³/mol. The van der Waals surface area contributed by atoms with Crippen molar-refractivity contribution in [2.24, 2.45) is 0 Å². The van der Waals surface area contributed by atoms with Crippen LogP contribution in [0.1, 0.15) is 38.3 Å². The molecule has 1 aliphatic carbocycles. The third kappa shape index (κ3) is 6.15. The van der Waals surface area contributed by atoms with Gasteiger partial charge in [-0.05, 0) is 56.5 Å². The first-order valence-electron chi connectivity index (χ1n) is 16.4. The molecule has 3 fully saturated rings. The zero-order chi connectivity index (χ0) is 34.1. The Morgan fingerprint density at radius 1 is 1.12 bits per heavy atom. The van der Waals surface area contributed by atoms with Crippen LogP contribution in [0.5, 0.6) is 0 Å². The van der Waals surface area contributed by atoms with Gasteiger partial charge in [0.2, 0.25) is 0 Å². The molecule has 8 nitrogen and oxygen atoms in total. The van der Waals surface area contributed by atoms with Crippen LogP contribution in [0.25, 0.3) is 22.0 Å². The van der Waals surface area contributed by atoms with E-state index < -0.39 is 29.5 Å². The third-order valence-corrected chi connectivity index (χ3v) is 11.8. The lowest BCUT2D eigenvalue weighted by atomic mass is 9.95. The first-order valence-corrected chi connectivity index (χ1v) is 17.8. The van der Waals surface area contributed by atoms with Crippen molar-refractivity contribution in [2.45, 2.75) is 68.2 Å². The van der Waals surface area contributed by atoms with Gasteiger partial charge in [0, 0.05) is 85.5 Å². The summed E-state index contributed by atoms with van der Waals surface area (Å²) in [6, 6.07) is 4.55. The summed E-state index contributed by atoms with van der Waals surface area (Å²) in [6.45, 7) is 12.4. The van der Waals surface area contributed by atoms with Gasteiger partial charge in [0.05, 0.1) is 22.1 Å². The molecule has 3 aromatic rings. The fraction of sp³-hybridized carbons (Fsp3) is 0.529. The van der Waals surface area contributed by atoms with Crippen LogP contribution in [0, 0.1) is 5.82 Å². The molecule has 14 heteroatoms. The first kappa shape index (κ1) is 33.8. The van der Waals surface area contributed by atoms with E-state index in [0.717, 1.165) is 38.3 Å². The third-order valence-electron chi connectivity index (χ3n) is 10.2. The number of hydrogen-bond acceptors (Lipinski definition) is 8. The van der Waals surface area contributed by atoms with E-state index >= 15 is 13.2 Å². The molecular formula is C34H39ClF4N6O2S. The van der Waals surface area contributed by atoms with Gasteiger partial charge in [0.1, 0.15) is 17.9 Å². The highest BCUT2D eigenvalue weighted by Gasteiger charge is 2.41. The second kappa shape index (κ2) is 12.9. The molecule has 0 bridgehead atoms. The van der Waals surface area contributed by atoms with Crippen molar-refractivity contribution >= 4 is 40.1 Å². The van der Waals surface area contributed by atoms with E-state index in [1.165, 1.54) is 42.8 Å². The lowest BCUT2D eigenvalue weighted by Crippen LogP contribution is -2.59. The molecule has 2 saturated heterocycles. The number of thioether (sulfide) groups is 1. The Hall–Kier alpha value is -2.68. The summed E-state index contributed by atoms with van der Waals surface area (Å²) in [5.41, 5.74) is -1.01. The van der Waals surface area contributed by atoms with Gasteiger partial charge in [-0.15, -0.1) is 11.8 Å². The number of anilines is 1. The van der Waals surface area contributed by atoms with E-state index in [1.54, 1.807) is 4.57 Å². The maximum absolute atomic E-state index is 15.1. The zero-order valence-electron chi connectivity index (χ0n) is 26.9. The molecule has 3 aliphatic heterocycles. The molecule has 2 aromatic carbocycles.